The van der Waals surface area contributed by atoms with Crippen LogP contribution in [0.25, 0.3) is 0 Å². The fourth-order valence-corrected chi connectivity index (χ4v) is 3.58. The Hall–Kier alpha value is -2.35. The predicted molar refractivity (Wildman–Crippen MR) is 110 cm³/mol. The zero-order valence-electron chi connectivity index (χ0n) is 16.0. The minimum Gasteiger partial charge on any atom is -0.344 e. The van der Waals surface area contributed by atoms with E-state index in [1.165, 1.54) is 11.8 Å². The number of anilines is 1. The minimum absolute atomic E-state index is 0.103. The standard InChI is InChI=1S/C20H27N3O4S/c1-14(24)28-13-7-3-6-10-16(19(26)21-15-8-4-2-5-9-15)23-20(27)17-11-12-18(25)22-17/h2,4-5,8-9,16-17H,3,6-7,10-13H2,1H3,(H,21,26)(H,22,25)(H,23,27)/t16-,17+/m0/s1. The molecule has 1 aromatic rings. The quantitative estimate of drug-likeness (QED) is 0.518. The number of carbonyl (C=O) groups is 4. The van der Waals surface area contributed by atoms with E-state index in [2.05, 4.69) is 16.0 Å². The molecule has 1 saturated heterocycles. The monoisotopic (exact) mass is 405 g/mol. The van der Waals surface area contributed by atoms with Crippen LogP contribution in [0.4, 0.5) is 5.69 Å². The molecule has 1 aliphatic heterocycles. The van der Waals surface area contributed by atoms with Gasteiger partial charge in [0.25, 0.3) is 0 Å². The summed E-state index contributed by atoms with van der Waals surface area (Å²) >= 11 is 1.30. The first-order valence-corrected chi connectivity index (χ1v) is 10.5. The molecule has 3 N–H and O–H groups in total. The summed E-state index contributed by atoms with van der Waals surface area (Å²) in [6, 6.07) is 7.82. The third-order valence-corrected chi connectivity index (χ3v) is 5.33. The summed E-state index contributed by atoms with van der Waals surface area (Å²) in [7, 11) is 0. The van der Waals surface area contributed by atoms with E-state index in [-0.39, 0.29) is 22.8 Å². The third-order valence-electron chi connectivity index (χ3n) is 4.43. The lowest BCUT2D eigenvalue weighted by Crippen LogP contribution is -2.50. The largest absolute Gasteiger partial charge is 0.344 e. The van der Waals surface area contributed by atoms with Crippen LogP contribution in [0.15, 0.2) is 30.3 Å². The Kier molecular flexibility index (Phi) is 9.00. The van der Waals surface area contributed by atoms with Gasteiger partial charge in [0.2, 0.25) is 17.7 Å². The van der Waals surface area contributed by atoms with Crippen LogP contribution in [0.5, 0.6) is 0 Å². The number of para-hydroxylation sites is 1. The van der Waals surface area contributed by atoms with Crippen molar-refractivity contribution in [1.82, 2.24) is 10.6 Å². The molecule has 1 aromatic carbocycles. The zero-order chi connectivity index (χ0) is 20.4. The molecule has 0 saturated carbocycles. The average Bonchev–Trinajstić information content (AvgIpc) is 3.10. The van der Waals surface area contributed by atoms with Crippen molar-refractivity contribution in [3.63, 3.8) is 0 Å². The summed E-state index contributed by atoms with van der Waals surface area (Å²) in [6.07, 6.45) is 3.76. The second-order valence-corrected chi connectivity index (χ2v) is 8.04. The van der Waals surface area contributed by atoms with Crippen molar-refractivity contribution in [2.75, 3.05) is 11.1 Å². The normalized spacial score (nSPS) is 16.9. The molecule has 2 rings (SSSR count). The molecule has 0 radical (unpaired) electrons. The van der Waals surface area contributed by atoms with Gasteiger partial charge in [-0.15, -0.1) is 0 Å². The predicted octanol–water partition coefficient (Wildman–Crippen LogP) is 2.23. The van der Waals surface area contributed by atoms with Crippen LogP contribution in [0.2, 0.25) is 0 Å². The Morgan fingerprint density at radius 3 is 2.57 bits per heavy atom. The lowest BCUT2D eigenvalue weighted by molar-refractivity contribution is -0.128. The first kappa shape index (κ1) is 21.9. The van der Waals surface area contributed by atoms with Crippen LogP contribution in [0.1, 0.15) is 45.4 Å². The maximum Gasteiger partial charge on any atom is 0.246 e. The highest BCUT2D eigenvalue weighted by molar-refractivity contribution is 8.13. The van der Waals surface area contributed by atoms with E-state index in [0.29, 0.717) is 24.9 Å². The van der Waals surface area contributed by atoms with E-state index in [1.54, 1.807) is 19.1 Å². The maximum absolute atomic E-state index is 12.7. The Morgan fingerprint density at radius 2 is 1.93 bits per heavy atom. The molecule has 152 valence electrons. The summed E-state index contributed by atoms with van der Waals surface area (Å²) in [4.78, 5) is 47.4. The van der Waals surface area contributed by atoms with Crippen LogP contribution in [-0.2, 0) is 19.2 Å². The van der Waals surface area contributed by atoms with Crippen molar-refractivity contribution in [2.24, 2.45) is 0 Å². The number of hydrogen-bond donors (Lipinski definition) is 3. The zero-order valence-corrected chi connectivity index (χ0v) is 16.8. The fourth-order valence-electron chi connectivity index (χ4n) is 2.95. The van der Waals surface area contributed by atoms with Gasteiger partial charge in [0.1, 0.15) is 12.1 Å². The van der Waals surface area contributed by atoms with E-state index < -0.39 is 12.1 Å². The lowest BCUT2D eigenvalue weighted by Gasteiger charge is -2.20. The topological polar surface area (TPSA) is 104 Å². The van der Waals surface area contributed by atoms with Crippen molar-refractivity contribution in [1.29, 1.82) is 0 Å². The van der Waals surface area contributed by atoms with E-state index >= 15 is 0 Å². The average molecular weight is 406 g/mol. The molecular formula is C20H27N3O4S. The van der Waals surface area contributed by atoms with Gasteiger partial charge in [-0.3, -0.25) is 19.2 Å². The Labute approximate surface area is 169 Å². The smallest absolute Gasteiger partial charge is 0.246 e. The molecular weight excluding hydrogens is 378 g/mol. The van der Waals surface area contributed by atoms with Gasteiger partial charge in [-0.25, -0.2) is 0 Å². The number of hydrogen-bond acceptors (Lipinski definition) is 5. The summed E-state index contributed by atoms with van der Waals surface area (Å²) < 4.78 is 0. The first-order chi connectivity index (χ1) is 13.5. The van der Waals surface area contributed by atoms with E-state index in [4.69, 9.17) is 0 Å². The third kappa shape index (κ3) is 7.72. The number of rotatable bonds is 10. The van der Waals surface area contributed by atoms with Crippen molar-refractivity contribution in [2.45, 2.75) is 57.5 Å². The van der Waals surface area contributed by atoms with Gasteiger partial charge in [0, 0.05) is 24.8 Å². The highest BCUT2D eigenvalue weighted by Crippen LogP contribution is 2.13. The number of thioether (sulfide) groups is 1. The molecule has 28 heavy (non-hydrogen) atoms. The molecule has 1 aliphatic rings. The number of carbonyl (C=O) groups excluding carboxylic acids is 4. The summed E-state index contributed by atoms with van der Waals surface area (Å²) in [6.45, 7) is 1.55. The second-order valence-electron chi connectivity index (χ2n) is 6.76. The Bertz CT molecular complexity index is 696. The number of unbranched alkanes of at least 4 members (excludes halogenated alkanes) is 2. The molecule has 0 aromatic heterocycles. The van der Waals surface area contributed by atoms with Crippen molar-refractivity contribution >= 4 is 40.3 Å². The minimum atomic E-state index is -0.675. The van der Waals surface area contributed by atoms with Gasteiger partial charge in [-0.05, 0) is 31.4 Å². The van der Waals surface area contributed by atoms with Crippen LogP contribution < -0.4 is 16.0 Å². The van der Waals surface area contributed by atoms with Crippen LogP contribution in [-0.4, -0.2) is 40.7 Å². The molecule has 0 spiro atoms. The van der Waals surface area contributed by atoms with E-state index in [9.17, 15) is 19.2 Å². The Morgan fingerprint density at radius 1 is 1.18 bits per heavy atom. The van der Waals surface area contributed by atoms with Crippen LogP contribution >= 0.6 is 11.8 Å². The van der Waals surface area contributed by atoms with Gasteiger partial charge in [-0.1, -0.05) is 42.8 Å². The molecule has 7 nitrogen and oxygen atoms in total. The SMILES string of the molecule is CC(=O)SCCCCC[C@H](NC(=O)[C@H]1CCC(=O)N1)C(=O)Nc1ccccc1. The first-order valence-electron chi connectivity index (χ1n) is 9.54. The second kappa shape index (κ2) is 11.5. The molecule has 0 unspecified atom stereocenters. The maximum atomic E-state index is 12.7. The fraction of sp³-hybridized carbons (Fsp3) is 0.500. The summed E-state index contributed by atoms with van der Waals surface area (Å²) in [5.41, 5.74) is 0.666. The highest BCUT2D eigenvalue weighted by Gasteiger charge is 2.30. The van der Waals surface area contributed by atoms with Crippen molar-refractivity contribution in [3.8, 4) is 0 Å². The van der Waals surface area contributed by atoms with Gasteiger partial charge >= 0.3 is 0 Å². The molecule has 2 atom stereocenters. The van der Waals surface area contributed by atoms with Crippen molar-refractivity contribution in [3.05, 3.63) is 30.3 Å². The van der Waals surface area contributed by atoms with Crippen LogP contribution in [0, 0.1) is 0 Å². The molecule has 0 aliphatic carbocycles. The molecule has 3 amide bonds. The number of benzene rings is 1. The van der Waals surface area contributed by atoms with Crippen LogP contribution in [0.3, 0.4) is 0 Å². The number of nitrogens with one attached hydrogen (secondary N) is 3. The van der Waals surface area contributed by atoms with E-state index in [0.717, 1.165) is 25.0 Å². The van der Waals surface area contributed by atoms with Gasteiger partial charge < -0.3 is 16.0 Å². The molecule has 0 bridgehead atoms. The lowest BCUT2D eigenvalue weighted by atomic mass is 10.1. The summed E-state index contributed by atoms with van der Waals surface area (Å²) in [5, 5.41) is 8.34. The molecule has 1 heterocycles. The van der Waals surface area contributed by atoms with Gasteiger partial charge in [0.15, 0.2) is 5.12 Å². The molecule has 1 fully saturated rings. The molecule has 8 heteroatoms. The van der Waals surface area contributed by atoms with Gasteiger partial charge in [0.05, 0.1) is 0 Å². The number of amides is 3. The summed E-state index contributed by atoms with van der Waals surface area (Å²) in [5.74, 6) is 0.0121. The Balaban J connectivity index is 1.88. The highest BCUT2D eigenvalue weighted by atomic mass is 32.2. The van der Waals surface area contributed by atoms with Gasteiger partial charge in [-0.2, -0.15) is 0 Å². The van der Waals surface area contributed by atoms with Crippen molar-refractivity contribution < 1.29 is 19.2 Å². The van der Waals surface area contributed by atoms with E-state index in [1.807, 2.05) is 18.2 Å².